The minimum atomic E-state index is -1.10. The number of hydrogen-bond acceptors (Lipinski definition) is 3. The van der Waals surface area contributed by atoms with Crippen molar-refractivity contribution in [3.05, 3.63) is 29.3 Å². The first-order chi connectivity index (χ1) is 7.99. The lowest BCUT2D eigenvalue weighted by Gasteiger charge is -2.13. The molecule has 0 aliphatic heterocycles. The summed E-state index contributed by atoms with van der Waals surface area (Å²) in [6, 6.07) is 6.61. The standard InChI is InChI=1S/C11H12ClNO4/c1-7(11(16)13-6-10(14)15)17-9-4-2-3-8(12)5-9/h2-5,7H,6H2,1H3,(H,13,16)(H,14,15)/t7-/m0/s1. The van der Waals surface area contributed by atoms with Crippen LogP contribution in [0.4, 0.5) is 0 Å². The Morgan fingerprint density at radius 2 is 2.24 bits per heavy atom. The first kappa shape index (κ1) is 13.3. The van der Waals surface area contributed by atoms with Gasteiger partial charge in [0.25, 0.3) is 5.91 Å². The molecule has 0 saturated carbocycles. The fraction of sp³-hybridized carbons (Fsp3) is 0.273. The summed E-state index contributed by atoms with van der Waals surface area (Å²) in [6.45, 7) is 1.10. The summed E-state index contributed by atoms with van der Waals surface area (Å²) in [5.74, 6) is -1.14. The zero-order valence-electron chi connectivity index (χ0n) is 9.14. The molecule has 0 aliphatic rings. The van der Waals surface area contributed by atoms with Crippen molar-refractivity contribution in [2.45, 2.75) is 13.0 Å². The van der Waals surface area contributed by atoms with Gasteiger partial charge in [0, 0.05) is 5.02 Å². The number of rotatable bonds is 5. The maximum atomic E-state index is 11.4. The number of halogens is 1. The molecular formula is C11H12ClNO4. The van der Waals surface area contributed by atoms with E-state index in [4.69, 9.17) is 21.4 Å². The Balaban J connectivity index is 2.51. The molecule has 6 heteroatoms. The monoisotopic (exact) mass is 257 g/mol. The van der Waals surface area contributed by atoms with E-state index in [0.717, 1.165) is 0 Å². The topological polar surface area (TPSA) is 75.6 Å². The van der Waals surface area contributed by atoms with Crippen LogP contribution in [0, 0.1) is 0 Å². The van der Waals surface area contributed by atoms with Gasteiger partial charge in [-0.1, -0.05) is 17.7 Å². The Kier molecular flexibility index (Phi) is 4.78. The predicted molar refractivity (Wildman–Crippen MR) is 62.2 cm³/mol. The van der Waals surface area contributed by atoms with E-state index in [2.05, 4.69) is 5.32 Å². The van der Waals surface area contributed by atoms with Crippen molar-refractivity contribution >= 4 is 23.5 Å². The first-order valence-electron chi connectivity index (χ1n) is 4.91. The maximum Gasteiger partial charge on any atom is 0.322 e. The normalized spacial score (nSPS) is 11.6. The molecule has 1 rings (SSSR count). The Labute approximate surface area is 103 Å². The second-order valence-electron chi connectivity index (χ2n) is 3.33. The van der Waals surface area contributed by atoms with Crippen LogP contribution >= 0.6 is 11.6 Å². The molecule has 0 spiro atoms. The van der Waals surface area contributed by atoms with Crippen molar-refractivity contribution in [2.24, 2.45) is 0 Å². The van der Waals surface area contributed by atoms with Crippen LogP contribution in [0.1, 0.15) is 6.92 Å². The lowest BCUT2D eigenvalue weighted by molar-refractivity contribution is -0.139. The minimum absolute atomic E-state index is 0.428. The number of carboxylic acid groups (broad SMARTS) is 1. The average Bonchev–Trinajstić information content (AvgIpc) is 2.25. The average molecular weight is 258 g/mol. The van der Waals surface area contributed by atoms with Gasteiger partial charge in [0.2, 0.25) is 0 Å². The molecule has 17 heavy (non-hydrogen) atoms. The number of carbonyl (C=O) groups is 2. The Morgan fingerprint density at radius 3 is 2.82 bits per heavy atom. The van der Waals surface area contributed by atoms with Crippen LogP contribution in [0.2, 0.25) is 5.02 Å². The maximum absolute atomic E-state index is 11.4. The third kappa shape index (κ3) is 4.74. The zero-order valence-corrected chi connectivity index (χ0v) is 9.90. The summed E-state index contributed by atoms with van der Waals surface area (Å²) in [5, 5.41) is 11.1. The van der Waals surface area contributed by atoms with Crippen molar-refractivity contribution < 1.29 is 19.4 Å². The number of ether oxygens (including phenoxy) is 1. The van der Waals surface area contributed by atoms with Crippen LogP contribution in [-0.2, 0) is 9.59 Å². The van der Waals surface area contributed by atoms with Gasteiger partial charge in [-0.15, -0.1) is 0 Å². The highest BCUT2D eigenvalue weighted by Crippen LogP contribution is 2.18. The fourth-order valence-corrected chi connectivity index (χ4v) is 1.28. The summed E-state index contributed by atoms with van der Waals surface area (Å²) in [5.41, 5.74) is 0. The molecule has 0 saturated heterocycles. The molecular weight excluding hydrogens is 246 g/mol. The van der Waals surface area contributed by atoms with Gasteiger partial charge >= 0.3 is 5.97 Å². The molecule has 2 N–H and O–H groups in total. The molecule has 0 heterocycles. The molecule has 1 amide bonds. The number of carboxylic acids is 1. The van der Waals surface area contributed by atoms with Crippen LogP contribution in [0.15, 0.2) is 24.3 Å². The third-order valence-corrected chi connectivity index (χ3v) is 2.13. The number of carbonyl (C=O) groups excluding carboxylic acids is 1. The highest BCUT2D eigenvalue weighted by molar-refractivity contribution is 6.30. The number of benzene rings is 1. The lowest BCUT2D eigenvalue weighted by Crippen LogP contribution is -2.39. The van der Waals surface area contributed by atoms with Crippen LogP contribution in [-0.4, -0.2) is 29.6 Å². The molecule has 0 aliphatic carbocycles. The van der Waals surface area contributed by atoms with Gasteiger partial charge in [-0.25, -0.2) is 0 Å². The molecule has 5 nitrogen and oxygen atoms in total. The van der Waals surface area contributed by atoms with Crippen LogP contribution < -0.4 is 10.1 Å². The van der Waals surface area contributed by atoms with E-state index in [9.17, 15) is 9.59 Å². The second-order valence-corrected chi connectivity index (χ2v) is 3.77. The van der Waals surface area contributed by atoms with Crippen molar-refractivity contribution in [1.29, 1.82) is 0 Å². The fourth-order valence-electron chi connectivity index (χ4n) is 1.10. The van der Waals surface area contributed by atoms with Crippen LogP contribution in [0.25, 0.3) is 0 Å². The van der Waals surface area contributed by atoms with Gasteiger partial charge < -0.3 is 15.2 Å². The molecule has 1 aromatic rings. The van der Waals surface area contributed by atoms with Crippen molar-refractivity contribution in [3.63, 3.8) is 0 Å². The third-order valence-electron chi connectivity index (χ3n) is 1.89. The summed E-state index contributed by atoms with van der Waals surface area (Å²) in [6.07, 6.45) is -0.784. The predicted octanol–water partition coefficient (Wildman–Crippen LogP) is 1.31. The summed E-state index contributed by atoms with van der Waals surface area (Å²) in [4.78, 5) is 21.7. The highest BCUT2D eigenvalue weighted by Gasteiger charge is 2.15. The van der Waals surface area contributed by atoms with Crippen molar-refractivity contribution in [2.75, 3.05) is 6.54 Å². The number of nitrogens with one attached hydrogen (secondary N) is 1. The molecule has 0 aromatic heterocycles. The molecule has 0 bridgehead atoms. The largest absolute Gasteiger partial charge is 0.481 e. The number of hydrogen-bond donors (Lipinski definition) is 2. The van der Waals surface area contributed by atoms with Gasteiger partial charge in [-0.2, -0.15) is 0 Å². The molecule has 0 radical (unpaired) electrons. The number of aliphatic carboxylic acids is 1. The van der Waals surface area contributed by atoms with Gasteiger partial charge in [0.05, 0.1) is 0 Å². The first-order valence-corrected chi connectivity index (χ1v) is 5.28. The Hall–Kier alpha value is -1.75. The van der Waals surface area contributed by atoms with Gasteiger partial charge in [0.1, 0.15) is 12.3 Å². The van der Waals surface area contributed by atoms with Crippen molar-refractivity contribution in [1.82, 2.24) is 5.32 Å². The quantitative estimate of drug-likeness (QED) is 0.834. The van der Waals surface area contributed by atoms with Crippen LogP contribution in [0.5, 0.6) is 5.75 Å². The van der Waals surface area contributed by atoms with E-state index in [1.54, 1.807) is 24.3 Å². The SMILES string of the molecule is C[C@H](Oc1cccc(Cl)c1)C(=O)NCC(=O)O. The van der Waals surface area contributed by atoms with E-state index < -0.39 is 24.5 Å². The molecule has 0 unspecified atom stereocenters. The molecule has 92 valence electrons. The zero-order chi connectivity index (χ0) is 12.8. The lowest BCUT2D eigenvalue weighted by atomic mass is 10.3. The highest BCUT2D eigenvalue weighted by atomic mass is 35.5. The summed E-state index contributed by atoms with van der Waals surface area (Å²) < 4.78 is 5.30. The van der Waals surface area contributed by atoms with Crippen LogP contribution in [0.3, 0.4) is 0 Å². The minimum Gasteiger partial charge on any atom is -0.481 e. The van der Waals surface area contributed by atoms with E-state index in [-0.39, 0.29) is 0 Å². The van der Waals surface area contributed by atoms with E-state index in [1.807, 2.05) is 0 Å². The Morgan fingerprint density at radius 1 is 1.53 bits per heavy atom. The summed E-state index contributed by atoms with van der Waals surface area (Å²) >= 11 is 5.75. The summed E-state index contributed by atoms with van der Waals surface area (Å²) in [7, 11) is 0. The van der Waals surface area contributed by atoms with E-state index >= 15 is 0 Å². The molecule has 1 atom stereocenters. The van der Waals surface area contributed by atoms with E-state index in [0.29, 0.717) is 10.8 Å². The van der Waals surface area contributed by atoms with Gasteiger partial charge in [-0.3, -0.25) is 9.59 Å². The molecule has 0 fully saturated rings. The smallest absolute Gasteiger partial charge is 0.322 e. The number of amides is 1. The van der Waals surface area contributed by atoms with Gasteiger partial charge in [-0.05, 0) is 25.1 Å². The van der Waals surface area contributed by atoms with Crippen molar-refractivity contribution in [3.8, 4) is 5.75 Å². The van der Waals surface area contributed by atoms with E-state index in [1.165, 1.54) is 6.92 Å². The second kappa shape index (κ2) is 6.10. The molecule has 1 aromatic carbocycles. The van der Waals surface area contributed by atoms with Gasteiger partial charge in [0.15, 0.2) is 6.10 Å². The Bertz CT molecular complexity index is 422.